The van der Waals surface area contributed by atoms with E-state index in [4.69, 9.17) is 0 Å². The second-order valence-corrected chi connectivity index (χ2v) is 6.45. The number of amides is 1. The van der Waals surface area contributed by atoms with Crippen LogP contribution in [-0.4, -0.2) is 12.5 Å². The number of hydrogen-bond donors (Lipinski definition) is 1. The Labute approximate surface area is 137 Å². The molecular formula is C18H28BrNO. The maximum Gasteiger partial charge on any atom is 0.224 e. The van der Waals surface area contributed by atoms with Crippen molar-refractivity contribution in [3.63, 3.8) is 0 Å². The molecule has 0 aliphatic carbocycles. The zero-order valence-electron chi connectivity index (χ0n) is 13.2. The molecule has 118 valence electrons. The highest BCUT2D eigenvalue weighted by atomic mass is 79.9. The van der Waals surface area contributed by atoms with Crippen LogP contribution in [0.2, 0.25) is 0 Å². The van der Waals surface area contributed by atoms with Gasteiger partial charge in [0.25, 0.3) is 0 Å². The molecular weight excluding hydrogens is 326 g/mol. The van der Waals surface area contributed by atoms with Crippen LogP contribution in [0.5, 0.6) is 0 Å². The lowest BCUT2D eigenvalue weighted by molar-refractivity contribution is -0.120. The summed E-state index contributed by atoms with van der Waals surface area (Å²) in [6.07, 6.45) is 10.8. The van der Waals surface area contributed by atoms with Gasteiger partial charge < -0.3 is 5.32 Å². The van der Waals surface area contributed by atoms with E-state index in [9.17, 15) is 4.79 Å². The molecule has 3 heteroatoms. The number of rotatable bonds is 11. The first-order chi connectivity index (χ1) is 10.2. The van der Waals surface area contributed by atoms with Gasteiger partial charge in [0.05, 0.1) is 6.42 Å². The Morgan fingerprint density at radius 1 is 1.00 bits per heavy atom. The number of hydrogen-bond acceptors (Lipinski definition) is 1. The number of carbonyl (C=O) groups is 1. The van der Waals surface area contributed by atoms with Crippen LogP contribution in [0.25, 0.3) is 0 Å². The van der Waals surface area contributed by atoms with Gasteiger partial charge in [0.1, 0.15) is 0 Å². The fraction of sp³-hybridized carbons (Fsp3) is 0.611. The zero-order valence-corrected chi connectivity index (χ0v) is 14.8. The lowest BCUT2D eigenvalue weighted by Gasteiger charge is -2.06. The Morgan fingerprint density at radius 2 is 1.62 bits per heavy atom. The van der Waals surface area contributed by atoms with Crippen molar-refractivity contribution in [1.82, 2.24) is 5.32 Å². The molecule has 0 heterocycles. The van der Waals surface area contributed by atoms with Crippen LogP contribution >= 0.6 is 15.9 Å². The fourth-order valence-corrected chi connectivity index (χ4v) is 2.79. The Morgan fingerprint density at radius 3 is 2.29 bits per heavy atom. The van der Waals surface area contributed by atoms with E-state index in [1.54, 1.807) is 0 Å². The van der Waals surface area contributed by atoms with Crippen molar-refractivity contribution in [2.75, 3.05) is 6.54 Å². The molecule has 0 radical (unpaired) electrons. The number of benzene rings is 1. The molecule has 2 nitrogen and oxygen atoms in total. The van der Waals surface area contributed by atoms with Crippen LogP contribution in [-0.2, 0) is 11.2 Å². The average molecular weight is 354 g/mol. The van der Waals surface area contributed by atoms with Crippen molar-refractivity contribution < 1.29 is 4.79 Å². The molecule has 0 saturated carbocycles. The average Bonchev–Trinajstić information content (AvgIpc) is 2.48. The number of unbranched alkanes of at least 4 members (excludes halogenated alkanes) is 7. The summed E-state index contributed by atoms with van der Waals surface area (Å²) in [7, 11) is 0. The van der Waals surface area contributed by atoms with E-state index in [0.29, 0.717) is 6.42 Å². The smallest absolute Gasteiger partial charge is 0.224 e. The van der Waals surface area contributed by atoms with Gasteiger partial charge in [-0.15, -0.1) is 0 Å². The fourth-order valence-electron chi connectivity index (χ4n) is 2.36. The van der Waals surface area contributed by atoms with E-state index >= 15 is 0 Å². The Bertz CT molecular complexity index is 406. The molecule has 1 N–H and O–H groups in total. The van der Waals surface area contributed by atoms with Gasteiger partial charge in [0.15, 0.2) is 0 Å². The summed E-state index contributed by atoms with van der Waals surface area (Å²) in [5.74, 6) is 0.116. The molecule has 0 aromatic heterocycles. The quantitative estimate of drug-likeness (QED) is 0.541. The van der Waals surface area contributed by atoms with Crippen molar-refractivity contribution in [2.45, 2.75) is 64.7 Å². The predicted octanol–water partition coefficient (Wildman–Crippen LogP) is 5.25. The first-order valence-corrected chi connectivity index (χ1v) is 9.03. The predicted molar refractivity (Wildman–Crippen MR) is 93.5 cm³/mol. The van der Waals surface area contributed by atoms with Gasteiger partial charge in [-0.25, -0.2) is 0 Å². The van der Waals surface area contributed by atoms with Crippen LogP contribution < -0.4 is 5.32 Å². The summed E-state index contributed by atoms with van der Waals surface area (Å²) >= 11 is 3.47. The molecule has 0 aliphatic heterocycles. The number of carbonyl (C=O) groups excluding carboxylic acids is 1. The third-order valence-corrected chi connectivity index (χ3v) is 4.43. The molecule has 1 aromatic rings. The summed E-state index contributed by atoms with van der Waals surface area (Å²) in [5.41, 5.74) is 1.05. The first-order valence-electron chi connectivity index (χ1n) is 8.24. The van der Waals surface area contributed by atoms with Crippen molar-refractivity contribution in [2.24, 2.45) is 0 Å². The minimum Gasteiger partial charge on any atom is -0.356 e. The Balaban J connectivity index is 2.00. The summed E-state index contributed by atoms with van der Waals surface area (Å²) in [6.45, 7) is 3.05. The van der Waals surface area contributed by atoms with Crippen LogP contribution in [0.4, 0.5) is 0 Å². The lowest BCUT2D eigenvalue weighted by atomic mass is 10.1. The van der Waals surface area contributed by atoms with Crippen LogP contribution in [0.15, 0.2) is 28.7 Å². The van der Waals surface area contributed by atoms with Crippen molar-refractivity contribution in [3.8, 4) is 0 Å². The molecule has 0 aliphatic rings. The van der Waals surface area contributed by atoms with Crippen LogP contribution in [0.3, 0.4) is 0 Å². The summed E-state index contributed by atoms with van der Waals surface area (Å²) in [4.78, 5) is 11.8. The van der Waals surface area contributed by atoms with Gasteiger partial charge >= 0.3 is 0 Å². The standard InChI is InChI=1S/C18H28BrNO/c1-2-3-4-5-6-7-8-11-14-20-18(21)15-16-12-9-10-13-17(16)19/h9-10,12-13H,2-8,11,14-15H2,1H3,(H,20,21). The maximum atomic E-state index is 11.8. The van der Waals surface area contributed by atoms with Crippen LogP contribution in [0, 0.1) is 0 Å². The second kappa shape index (κ2) is 11.8. The lowest BCUT2D eigenvalue weighted by Crippen LogP contribution is -2.26. The molecule has 0 unspecified atom stereocenters. The summed E-state index contributed by atoms with van der Waals surface area (Å²) < 4.78 is 1.01. The highest BCUT2D eigenvalue weighted by Crippen LogP contribution is 2.16. The number of halogens is 1. The maximum absolute atomic E-state index is 11.8. The number of nitrogens with one attached hydrogen (secondary N) is 1. The highest BCUT2D eigenvalue weighted by Gasteiger charge is 2.05. The summed E-state index contributed by atoms with van der Waals surface area (Å²) in [5, 5.41) is 3.01. The van der Waals surface area contributed by atoms with Crippen molar-refractivity contribution >= 4 is 21.8 Å². The first kappa shape index (κ1) is 18.2. The molecule has 0 spiro atoms. The van der Waals surface area contributed by atoms with Gasteiger partial charge in [0, 0.05) is 11.0 Å². The Kier molecular flexibility index (Phi) is 10.2. The zero-order chi connectivity index (χ0) is 15.3. The van der Waals surface area contributed by atoms with Crippen LogP contribution in [0.1, 0.15) is 63.9 Å². The molecule has 1 rings (SSSR count). The highest BCUT2D eigenvalue weighted by molar-refractivity contribution is 9.10. The third-order valence-electron chi connectivity index (χ3n) is 3.66. The van der Waals surface area contributed by atoms with E-state index in [0.717, 1.165) is 23.0 Å². The molecule has 0 saturated heterocycles. The minimum absolute atomic E-state index is 0.116. The second-order valence-electron chi connectivity index (χ2n) is 5.59. The van der Waals surface area contributed by atoms with Gasteiger partial charge in [-0.3, -0.25) is 4.79 Å². The minimum atomic E-state index is 0.116. The van der Waals surface area contributed by atoms with Crippen molar-refractivity contribution in [3.05, 3.63) is 34.3 Å². The van der Waals surface area contributed by atoms with Gasteiger partial charge in [0.2, 0.25) is 5.91 Å². The summed E-state index contributed by atoms with van der Waals surface area (Å²) in [6, 6.07) is 7.89. The normalized spacial score (nSPS) is 10.6. The third kappa shape index (κ3) is 8.92. The molecule has 0 fully saturated rings. The van der Waals surface area contributed by atoms with E-state index in [-0.39, 0.29) is 5.91 Å². The SMILES string of the molecule is CCCCCCCCCCNC(=O)Cc1ccccc1Br. The molecule has 1 aromatic carbocycles. The van der Waals surface area contributed by atoms with Gasteiger partial charge in [-0.1, -0.05) is 86.0 Å². The van der Waals surface area contributed by atoms with E-state index in [1.807, 2.05) is 24.3 Å². The van der Waals surface area contributed by atoms with E-state index in [1.165, 1.54) is 44.9 Å². The topological polar surface area (TPSA) is 29.1 Å². The van der Waals surface area contributed by atoms with E-state index < -0.39 is 0 Å². The van der Waals surface area contributed by atoms with E-state index in [2.05, 4.69) is 28.2 Å². The van der Waals surface area contributed by atoms with Gasteiger partial charge in [-0.05, 0) is 18.1 Å². The monoisotopic (exact) mass is 353 g/mol. The molecule has 1 amide bonds. The largest absolute Gasteiger partial charge is 0.356 e. The van der Waals surface area contributed by atoms with Gasteiger partial charge in [-0.2, -0.15) is 0 Å². The molecule has 21 heavy (non-hydrogen) atoms. The molecule has 0 atom stereocenters. The molecule has 0 bridgehead atoms. The van der Waals surface area contributed by atoms with Crippen molar-refractivity contribution in [1.29, 1.82) is 0 Å². The Hall–Kier alpha value is -0.830.